The molecular weight excluding hydrogens is 263 g/mol. The quantitative estimate of drug-likeness (QED) is 0.638. The second-order valence-corrected chi connectivity index (χ2v) is 5.09. The van der Waals surface area contributed by atoms with Crippen molar-refractivity contribution >= 4 is 17.6 Å². The molecule has 0 bridgehead atoms. The summed E-state index contributed by atoms with van der Waals surface area (Å²) in [6, 6.07) is 3.39. The Morgan fingerprint density at radius 1 is 1.40 bits per heavy atom. The summed E-state index contributed by atoms with van der Waals surface area (Å²) in [6.07, 6.45) is 0.740. The fraction of sp³-hybridized carbons (Fsp3) is 0.429. The summed E-state index contributed by atoms with van der Waals surface area (Å²) in [4.78, 5) is 23.3. The Balaban J connectivity index is 2.60. The SMILES string of the molecule is CCC(C)(C)NC(=O)COC(=O)c1cc(F)ccc1N. The van der Waals surface area contributed by atoms with Gasteiger partial charge in [-0.1, -0.05) is 6.92 Å². The van der Waals surface area contributed by atoms with Gasteiger partial charge in [-0.3, -0.25) is 4.79 Å². The molecule has 0 saturated heterocycles. The fourth-order valence-corrected chi connectivity index (χ4v) is 1.42. The largest absolute Gasteiger partial charge is 0.452 e. The number of nitrogens with one attached hydrogen (secondary N) is 1. The molecule has 0 spiro atoms. The van der Waals surface area contributed by atoms with E-state index in [0.717, 1.165) is 18.6 Å². The average molecular weight is 282 g/mol. The maximum Gasteiger partial charge on any atom is 0.340 e. The third-order valence-electron chi connectivity index (χ3n) is 2.93. The number of nitrogen functional groups attached to an aromatic ring is 1. The monoisotopic (exact) mass is 282 g/mol. The van der Waals surface area contributed by atoms with Crippen LogP contribution in [0.4, 0.5) is 10.1 Å². The highest BCUT2D eigenvalue weighted by Crippen LogP contribution is 2.14. The second kappa shape index (κ2) is 6.36. The Hall–Kier alpha value is -2.11. The lowest BCUT2D eigenvalue weighted by molar-refractivity contribution is -0.125. The van der Waals surface area contributed by atoms with E-state index in [4.69, 9.17) is 10.5 Å². The van der Waals surface area contributed by atoms with Gasteiger partial charge in [-0.2, -0.15) is 0 Å². The predicted molar refractivity (Wildman–Crippen MR) is 73.6 cm³/mol. The number of rotatable bonds is 5. The maximum absolute atomic E-state index is 13.0. The molecule has 0 aliphatic carbocycles. The van der Waals surface area contributed by atoms with E-state index in [1.54, 1.807) is 0 Å². The van der Waals surface area contributed by atoms with Gasteiger partial charge in [0.25, 0.3) is 5.91 Å². The van der Waals surface area contributed by atoms with E-state index < -0.39 is 24.3 Å². The van der Waals surface area contributed by atoms with E-state index in [2.05, 4.69) is 5.32 Å². The molecule has 110 valence electrons. The molecule has 3 N–H and O–H groups in total. The van der Waals surface area contributed by atoms with E-state index in [-0.39, 0.29) is 16.8 Å². The number of hydrogen-bond donors (Lipinski definition) is 2. The molecule has 0 saturated carbocycles. The highest BCUT2D eigenvalue weighted by atomic mass is 19.1. The van der Waals surface area contributed by atoms with Crippen molar-refractivity contribution in [2.75, 3.05) is 12.3 Å². The molecule has 1 rings (SSSR count). The molecule has 6 heteroatoms. The van der Waals surface area contributed by atoms with Crippen LogP contribution in [0.5, 0.6) is 0 Å². The third-order valence-corrected chi connectivity index (χ3v) is 2.93. The Morgan fingerprint density at radius 3 is 2.65 bits per heavy atom. The van der Waals surface area contributed by atoms with Gasteiger partial charge in [-0.05, 0) is 38.5 Å². The summed E-state index contributed by atoms with van der Waals surface area (Å²) >= 11 is 0. The number of amides is 1. The number of nitrogens with two attached hydrogens (primary N) is 1. The minimum Gasteiger partial charge on any atom is -0.452 e. The Bertz CT molecular complexity index is 515. The van der Waals surface area contributed by atoms with Gasteiger partial charge in [0, 0.05) is 11.2 Å². The number of anilines is 1. The molecule has 0 atom stereocenters. The predicted octanol–water partition coefficient (Wildman–Crippen LogP) is 1.87. The van der Waals surface area contributed by atoms with Crippen molar-refractivity contribution < 1.29 is 18.7 Å². The van der Waals surface area contributed by atoms with Gasteiger partial charge in [0.1, 0.15) is 5.82 Å². The number of ether oxygens (including phenoxy) is 1. The van der Waals surface area contributed by atoms with Gasteiger partial charge < -0.3 is 15.8 Å². The van der Waals surface area contributed by atoms with Gasteiger partial charge in [0.15, 0.2) is 6.61 Å². The molecule has 20 heavy (non-hydrogen) atoms. The van der Waals surface area contributed by atoms with Gasteiger partial charge in [-0.25, -0.2) is 9.18 Å². The van der Waals surface area contributed by atoms with Crippen LogP contribution in [-0.4, -0.2) is 24.0 Å². The molecule has 0 fully saturated rings. The summed E-state index contributed by atoms with van der Waals surface area (Å²) < 4.78 is 17.9. The van der Waals surface area contributed by atoms with Crippen LogP contribution in [0.25, 0.3) is 0 Å². The first kappa shape index (κ1) is 15.9. The lowest BCUT2D eigenvalue weighted by Crippen LogP contribution is -2.44. The highest BCUT2D eigenvalue weighted by Gasteiger charge is 2.19. The van der Waals surface area contributed by atoms with Crippen molar-refractivity contribution in [3.63, 3.8) is 0 Å². The Morgan fingerprint density at radius 2 is 2.05 bits per heavy atom. The van der Waals surface area contributed by atoms with Gasteiger partial charge in [0.2, 0.25) is 0 Å². The summed E-state index contributed by atoms with van der Waals surface area (Å²) in [5, 5.41) is 2.72. The number of halogens is 1. The summed E-state index contributed by atoms with van der Waals surface area (Å²) in [5.74, 6) is -1.84. The van der Waals surface area contributed by atoms with Crippen LogP contribution in [0.1, 0.15) is 37.6 Å². The number of esters is 1. The van der Waals surface area contributed by atoms with Gasteiger partial charge in [0.05, 0.1) is 5.56 Å². The Labute approximate surface area is 117 Å². The molecule has 0 heterocycles. The molecule has 0 radical (unpaired) electrons. The van der Waals surface area contributed by atoms with Crippen molar-refractivity contribution in [2.24, 2.45) is 0 Å². The minimum atomic E-state index is -0.827. The van der Waals surface area contributed by atoms with Crippen LogP contribution in [0.3, 0.4) is 0 Å². The molecule has 1 aromatic carbocycles. The van der Waals surface area contributed by atoms with Crippen LogP contribution in [0.2, 0.25) is 0 Å². The molecule has 0 unspecified atom stereocenters. The molecular formula is C14H19FN2O3. The average Bonchev–Trinajstić information content (AvgIpc) is 2.38. The van der Waals surface area contributed by atoms with Gasteiger partial charge >= 0.3 is 5.97 Å². The zero-order chi connectivity index (χ0) is 15.3. The third kappa shape index (κ3) is 4.53. The summed E-state index contributed by atoms with van der Waals surface area (Å²) in [7, 11) is 0. The molecule has 0 aliphatic heterocycles. The second-order valence-electron chi connectivity index (χ2n) is 5.09. The van der Waals surface area contributed by atoms with Crippen molar-refractivity contribution in [1.29, 1.82) is 0 Å². The maximum atomic E-state index is 13.0. The lowest BCUT2D eigenvalue weighted by atomic mass is 10.0. The van der Waals surface area contributed by atoms with Crippen LogP contribution in [0.15, 0.2) is 18.2 Å². The fourth-order valence-electron chi connectivity index (χ4n) is 1.42. The topological polar surface area (TPSA) is 81.4 Å². The van der Waals surface area contributed by atoms with Crippen LogP contribution < -0.4 is 11.1 Å². The smallest absolute Gasteiger partial charge is 0.340 e. The molecule has 1 amide bonds. The first-order chi connectivity index (χ1) is 9.25. The first-order valence-corrected chi connectivity index (χ1v) is 6.28. The highest BCUT2D eigenvalue weighted by molar-refractivity contribution is 5.96. The van der Waals surface area contributed by atoms with E-state index >= 15 is 0 Å². The zero-order valence-corrected chi connectivity index (χ0v) is 11.8. The molecule has 0 aromatic heterocycles. The van der Waals surface area contributed by atoms with Crippen molar-refractivity contribution in [2.45, 2.75) is 32.7 Å². The number of benzene rings is 1. The Kier molecular flexibility index (Phi) is 5.07. The van der Waals surface area contributed by atoms with Gasteiger partial charge in [-0.15, -0.1) is 0 Å². The summed E-state index contributed by atoms with van der Waals surface area (Å²) in [6.45, 7) is 5.21. The standard InChI is InChI=1S/C14H19FN2O3/c1-4-14(2,3)17-12(18)8-20-13(19)10-7-9(15)5-6-11(10)16/h5-7H,4,8,16H2,1-3H3,(H,17,18). The number of hydrogen-bond acceptors (Lipinski definition) is 4. The minimum absolute atomic E-state index is 0.0902. The van der Waals surface area contributed by atoms with Crippen LogP contribution in [-0.2, 0) is 9.53 Å². The van der Waals surface area contributed by atoms with Crippen LogP contribution in [0, 0.1) is 5.82 Å². The lowest BCUT2D eigenvalue weighted by Gasteiger charge is -2.24. The molecule has 5 nitrogen and oxygen atoms in total. The molecule has 1 aromatic rings. The number of carbonyl (C=O) groups is 2. The number of carbonyl (C=O) groups excluding carboxylic acids is 2. The zero-order valence-electron chi connectivity index (χ0n) is 11.8. The van der Waals surface area contributed by atoms with Crippen molar-refractivity contribution in [3.8, 4) is 0 Å². The normalized spacial score (nSPS) is 11.0. The van der Waals surface area contributed by atoms with Crippen molar-refractivity contribution in [1.82, 2.24) is 5.32 Å². The van der Waals surface area contributed by atoms with Crippen molar-refractivity contribution in [3.05, 3.63) is 29.6 Å². The first-order valence-electron chi connectivity index (χ1n) is 6.28. The molecule has 0 aliphatic rings. The van der Waals surface area contributed by atoms with Crippen LogP contribution >= 0.6 is 0 Å². The van der Waals surface area contributed by atoms with E-state index in [0.29, 0.717) is 0 Å². The van der Waals surface area contributed by atoms with E-state index in [1.165, 1.54) is 6.07 Å². The van der Waals surface area contributed by atoms with E-state index in [1.807, 2.05) is 20.8 Å². The van der Waals surface area contributed by atoms with E-state index in [9.17, 15) is 14.0 Å². The summed E-state index contributed by atoms with van der Waals surface area (Å²) in [5.41, 5.74) is 5.19.